The van der Waals surface area contributed by atoms with Gasteiger partial charge in [-0.05, 0) is 80.0 Å². The minimum absolute atomic E-state index is 0.0502. The first-order valence-electron chi connectivity index (χ1n) is 15.2. The second kappa shape index (κ2) is 12.4. The molecule has 4 aromatic rings. The van der Waals surface area contributed by atoms with Crippen LogP contribution in [0.4, 0.5) is 22.0 Å². The highest BCUT2D eigenvalue weighted by atomic mass is 19.4. The highest BCUT2D eigenvalue weighted by molar-refractivity contribution is 6.00. The van der Waals surface area contributed by atoms with Gasteiger partial charge in [-0.1, -0.05) is 12.1 Å². The fourth-order valence-electron chi connectivity index (χ4n) is 6.47. The number of carbonyl (C=O) groups excluding carboxylic acids is 4. The van der Waals surface area contributed by atoms with E-state index < -0.39 is 65.2 Å². The van der Waals surface area contributed by atoms with Crippen LogP contribution in [0, 0.1) is 18.6 Å². The summed E-state index contributed by atoms with van der Waals surface area (Å²) < 4.78 is 68.6. The normalized spacial score (nSPS) is 17.4. The summed E-state index contributed by atoms with van der Waals surface area (Å²) in [6.45, 7) is 3.37. The molecule has 2 aliphatic rings. The van der Waals surface area contributed by atoms with Crippen LogP contribution in [0.3, 0.4) is 0 Å². The second-order valence-corrected chi connectivity index (χ2v) is 11.9. The van der Waals surface area contributed by atoms with Gasteiger partial charge in [0.05, 0.1) is 23.8 Å². The van der Waals surface area contributed by atoms with Crippen molar-refractivity contribution in [1.29, 1.82) is 0 Å². The number of halogens is 5. The number of likely N-dealkylation sites (tertiary alicyclic amines) is 1. The predicted octanol–water partition coefficient (Wildman–Crippen LogP) is 4.88. The molecule has 10 nitrogen and oxygen atoms in total. The largest absolute Gasteiger partial charge is 0.419 e. The highest BCUT2D eigenvalue weighted by Gasteiger charge is 2.36. The van der Waals surface area contributed by atoms with E-state index in [2.05, 4.69) is 20.7 Å². The van der Waals surface area contributed by atoms with E-state index in [0.29, 0.717) is 43.5 Å². The van der Waals surface area contributed by atoms with E-state index in [9.17, 15) is 41.1 Å². The number of hydrogen-bond donors (Lipinski definition) is 2. The van der Waals surface area contributed by atoms with Crippen molar-refractivity contribution < 1.29 is 41.1 Å². The van der Waals surface area contributed by atoms with Crippen LogP contribution < -0.4 is 10.6 Å². The third kappa shape index (κ3) is 6.00. The summed E-state index contributed by atoms with van der Waals surface area (Å²) >= 11 is 0. The number of ketones is 1. The van der Waals surface area contributed by atoms with E-state index in [1.807, 2.05) is 6.92 Å². The van der Waals surface area contributed by atoms with Crippen LogP contribution in [0.1, 0.15) is 91.4 Å². The van der Waals surface area contributed by atoms with E-state index in [1.54, 1.807) is 17.0 Å². The summed E-state index contributed by atoms with van der Waals surface area (Å²) in [6.07, 6.45) is -1.70. The summed E-state index contributed by atoms with van der Waals surface area (Å²) in [4.78, 5) is 57.6. The standard InChI is InChI=1S/C33H29F5N6O4/c1-16-19-8-10-25(21(19)7-6-20(16)32(48)43-11-3-4-27(43)17(2)45)42-31(47)28-13-26(41-29-24(35)15-40-44(28)29)30(46)39-14-18-5-9-23(34)22(12-18)33(36,37)38/h5-7,9,12-13,15,25,27H,3-4,8,10-11,14H2,1-2H3,(H,39,46)(H,42,47)/t25-,27-/m0/s1. The monoisotopic (exact) mass is 668 g/mol. The van der Waals surface area contributed by atoms with Gasteiger partial charge in [0.25, 0.3) is 17.7 Å². The zero-order valence-electron chi connectivity index (χ0n) is 25.8. The van der Waals surface area contributed by atoms with Gasteiger partial charge >= 0.3 is 6.18 Å². The number of benzene rings is 2. The van der Waals surface area contributed by atoms with Crippen LogP contribution in [-0.2, 0) is 23.9 Å². The van der Waals surface area contributed by atoms with Gasteiger partial charge in [-0.2, -0.15) is 18.3 Å². The quantitative estimate of drug-likeness (QED) is 0.271. The van der Waals surface area contributed by atoms with Crippen molar-refractivity contribution in [2.45, 2.75) is 64.3 Å². The smallest absolute Gasteiger partial charge is 0.347 e. The number of nitrogens with one attached hydrogen (secondary N) is 2. The van der Waals surface area contributed by atoms with Crippen LogP contribution in [-0.4, -0.2) is 55.6 Å². The molecule has 0 spiro atoms. The van der Waals surface area contributed by atoms with Crippen LogP contribution in [0.5, 0.6) is 0 Å². The van der Waals surface area contributed by atoms with Gasteiger partial charge in [-0.3, -0.25) is 19.2 Å². The number of hydrogen-bond acceptors (Lipinski definition) is 6. The maximum Gasteiger partial charge on any atom is 0.419 e. The minimum Gasteiger partial charge on any atom is -0.347 e. The summed E-state index contributed by atoms with van der Waals surface area (Å²) in [7, 11) is 0. The van der Waals surface area contributed by atoms with Gasteiger partial charge in [0.1, 0.15) is 17.2 Å². The Morgan fingerprint density at radius 3 is 2.50 bits per heavy atom. The van der Waals surface area contributed by atoms with E-state index in [4.69, 9.17) is 0 Å². The van der Waals surface area contributed by atoms with Crippen molar-refractivity contribution in [2.24, 2.45) is 0 Å². The molecule has 0 radical (unpaired) electrons. The van der Waals surface area contributed by atoms with Crippen LogP contribution >= 0.6 is 0 Å². The summed E-state index contributed by atoms with van der Waals surface area (Å²) in [5, 5.41) is 9.13. The Labute approximate surface area is 270 Å². The van der Waals surface area contributed by atoms with Crippen molar-refractivity contribution in [3.63, 3.8) is 0 Å². The van der Waals surface area contributed by atoms with Crippen molar-refractivity contribution in [1.82, 2.24) is 30.1 Å². The Morgan fingerprint density at radius 1 is 1.00 bits per heavy atom. The van der Waals surface area contributed by atoms with E-state index >= 15 is 0 Å². The van der Waals surface area contributed by atoms with Gasteiger partial charge in [-0.15, -0.1) is 0 Å². The molecule has 1 aliphatic heterocycles. The molecule has 0 saturated carbocycles. The molecule has 2 atom stereocenters. The molecular weight excluding hydrogens is 639 g/mol. The summed E-state index contributed by atoms with van der Waals surface area (Å²) in [5.74, 6) is -4.28. The number of rotatable bonds is 7. The topological polar surface area (TPSA) is 126 Å². The lowest BCUT2D eigenvalue weighted by atomic mass is 9.96. The lowest BCUT2D eigenvalue weighted by Gasteiger charge is -2.24. The van der Waals surface area contributed by atoms with E-state index in [-0.39, 0.29) is 22.9 Å². The Balaban J connectivity index is 1.22. The van der Waals surface area contributed by atoms with Crippen LogP contribution in [0.15, 0.2) is 42.6 Å². The van der Waals surface area contributed by atoms with Gasteiger partial charge in [0.2, 0.25) is 0 Å². The zero-order chi connectivity index (χ0) is 34.5. The molecule has 2 aromatic heterocycles. The first kappa shape index (κ1) is 32.7. The Bertz CT molecular complexity index is 1990. The number of nitrogens with zero attached hydrogens (tertiary/aromatic N) is 4. The summed E-state index contributed by atoms with van der Waals surface area (Å²) in [5.41, 5.74) is 0.330. The molecule has 1 aliphatic carbocycles. The van der Waals surface area contributed by atoms with Crippen molar-refractivity contribution >= 4 is 29.2 Å². The highest BCUT2D eigenvalue weighted by Crippen LogP contribution is 2.36. The third-order valence-corrected chi connectivity index (χ3v) is 8.90. The van der Waals surface area contributed by atoms with E-state index in [1.165, 1.54) is 6.92 Å². The first-order chi connectivity index (χ1) is 22.7. The Hall–Kier alpha value is -5.21. The van der Waals surface area contributed by atoms with E-state index in [0.717, 1.165) is 46.0 Å². The third-order valence-electron chi connectivity index (χ3n) is 8.90. The zero-order valence-corrected chi connectivity index (χ0v) is 25.8. The fourth-order valence-corrected chi connectivity index (χ4v) is 6.47. The molecule has 2 N–H and O–H groups in total. The molecule has 3 amide bonds. The lowest BCUT2D eigenvalue weighted by molar-refractivity contribution is -0.140. The summed E-state index contributed by atoms with van der Waals surface area (Å²) in [6, 6.07) is 5.88. The molecule has 0 unspecified atom stereocenters. The molecule has 2 aromatic carbocycles. The fraction of sp³-hybridized carbons (Fsp3) is 0.333. The number of carbonyl (C=O) groups is 4. The number of Topliss-reactive ketones (excluding diaryl/α,β-unsaturated/α-hetero) is 1. The molecule has 15 heteroatoms. The molecule has 1 saturated heterocycles. The van der Waals surface area contributed by atoms with Gasteiger partial charge in [-0.25, -0.2) is 18.3 Å². The number of aromatic nitrogens is 3. The SMILES string of the molecule is CC(=O)[C@@H]1CCCN1C(=O)c1ccc2c(c1C)CC[C@@H]2NC(=O)c1cc(C(=O)NCc2ccc(F)c(C(F)(F)F)c2)nc2c(F)cnn12. The van der Waals surface area contributed by atoms with Gasteiger partial charge in [0, 0.05) is 24.7 Å². The molecule has 3 heterocycles. The van der Waals surface area contributed by atoms with Crippen molar-refractivity contribution in [3.8, 4) is 0 Å². The molecular formula is C33H29F5N6O4. The Kier molecular flexibility index (Phi) is 8.47. The van der Waals surface area contributed by atoms with Crippen molar-refractivity contribution in [3.05, 3.63) is 99.0 Å². The number of amides is 3. The molecule has 0 bridgehead atoms. The average molecular weight is 669 g/mol. The maximum atomic E-state index is 14.6. The number of alkyl halides is 3. The maximum absolute atomic E-state index is 14.6. The molecule has 1 fully saturated rings. The molecule has 250 valence electrons. The second-order valence-electron chi connectivity index (χ2n) is 11.9. The minimum atomic E-state index is -4.94. The average Bonchev–Trinajstić information content (AvgIpc) is 3.79. The Morgan fingerprint density at radius 2 is 1.77 bits per heavy atom. The predicted molar refractivity (Wildman–Crippen MR) is 160 cm³/mol. The van der Waals surface area contributed by atoms with Crippen molar-refractivity contribution in [2.75, 3.05) is 6.54 Å². The lowest BCUT2D eigenvalue weighted by Crippen LogP contribution is -2.39. The molecule has 48 heavy (non-hydrogen) atoms. The van der Waals surface area contributed by atoms with Gasteiger partial charge < -0.3 is 15.5 Å². The molecule has 6 rings (SSSR count). The van der Waals surface area contributed by atoms with Crippen LogP contribution in [0.2, 0.25) is 0 Å². The van der Waals surface area contributed by atoms with Gasteiger partial charge in [0.15, 0.2) is 17.2 Å². The van der Waals surface area contributed by atoms with Crippen LogP contribution in [0.25, 0.3) is 5.65 Å². The first-order valence-corrected chi connectivity index (χ1v) is 15.2. The number of fused-ring (bicyclic) bond motifs is 2.